The Hall–Kier alpha value is -0.810. The van der Waals surface area contributed by atoms with Crippen molar-refractivity contribution < 1.29 is 0 Å². The largest absolute Gasteiger partial charge is 0.327 e. The first-order valence-electron chi connectivity index (χ1n) is 4.49. The molecule has 2 unspecified atom stereocenters. The summed E-state index contributed by atoms with van der Waals surface area (Å²) >= 11 is 1.49. The van der Waals surface area contributed by atoms with Crippen LogP contribution < -0.4 is 11.3 Å². The van der Waals surface area contributed by atoms with E-state index < -0.39 is 0 Å². The fourth-order valence-electron chi connectivity index (χ4n) is 0.891. The van der Waals surface area contributed by atoms with Gasteiger partial charge in [0.2, 0.25) is 0 Å². The van der Waals surface area contributed by atoms with E-state index in [1.54, 1.807) is 6.92 Å². The monoisotopic (exact) mass is 213 g/mol. The zero-order valence-electron chi connectivity index (χ0n) is 8.57. The Labute approximate surface area is 87.3 Å². The molecule has 1 rings (SSSR count). The van der Waals surface area contributed by atoms with Crippen LogP contribution in [0.15, 0.2) is 16.0 Å². The zero-order valence-corrected chi connectivity index (χ0v) is 9.39. The van der Waals surface area contributed by atoms with Crippen molar-refractivity contribution in [2.45, 2.75) is 37.2 Å². The molecule has 0 bridgehead atoms. The summed E-state index contributed by atoms with van der Waals surface area (Å²) in [5.74, 6) is 0. The van der Waals surface area contributed by atoms with Gasteiger partial charge in [0.15, 0.2) is 5.16 Å². The van der Waals surface area contributed by atoms with E-state index in [-0.39, 0.29) is 16.9 Å². The van der Waals surface area contributed by atoms with E-state index >= 15 is 0 Å². The van der Waals surface area contributed by atoms with Crippen LogP contribution in [0, 0.1) is 6.92 Å². The Bertz CT molecular complexity index is 361. The molecule has 3 N–H and O–H groups in total. The van der Waals surface area contributed by atoms with E-state index in [4.69, 9.17) is 5.73 Å². The van der Waals surface area contributed by atoms with Gasteiger partial charge < -0.3 is 10.7 Å². The van der Waals surface area contributed by atoms with Crippen LogP contribution in [0.25, 0.3) is 0 Å². The number of rotatable bonds is 3. The minimum atomic E-state index is -0.114. The summed E-state index contributed by atoms with van der Waals surface area (Å²) in [6.07, 6.45) is 0. The number of nitrogens with one attached hydrogen (secondary N) is 1. The number of hydrogen-bond donors (Lipinski definition) is 2. The average molecular weight is 213 g/mol. The lowest BCUT2D eigenvalue weighted by Gasteiger charge is -2.13. The van der Waals surface area contributed by atoms with Crippen molar-refractivity contribution in [3.05, 3.63) is 22.1 Å². The third kappa shape index (κ3) is 3.16. The summed E-state index contributed by atoms with van der Waals surface area (Å²) < 4.78 is 0. The lowest BCUT2D eigenvalue weighted by Crippen LogP contribution is -2.26. The number of aromatic nitrogens is 2. The molecule has 0 aromatic carbocycles. The number of nitrogens with two attached hydrogens (primary N) is 1. The van der Waals surface area contributed by atoms with Crippen LogP contribution in [0.5, 0.6) is 0 Å². The number of hydrogen-bond acceptors (Lipinski definition) is 4. The fraction of sp³-hybridized carbons (Fsp3) is 0.556. The van der Waals surface area contributed by atoms with Crippen molar-refractivity contribution >= 4 is 11.8 Å². The minimum Gasteiger partial charge on any atom is -0.327 e. The van der Waals surface area contributed by atoms with Gasteiger partial charge in [0.25, 0.3) is 5.56 Å². The summed E-state index contributed by atoms with van der Waals surface area (Å²) in [6.45, 7) is 5.75. The molecule has 0 fully saturated rings. The summed E-state index contributed by atoms with van der Waals surface area (Å²) in [6, 6.07) is 1.55. The van der Waals surface area contributed by atoms with Crippen molar-refractivity contribution in [2.24, 2.45) is 5.73 Å². The van der Waals surface area contributed by atoms with Crippen LogP contribution in [0.1, 0.15) is 19.5 Å². The summed E-state index contributed by atoms with van der Waals surface area (Å²) in [5, 5.41) is 0.875. The molecule has 2 atom stereocenters. The molecular formula is C9H15N3OS. The van der Waals surface area contributed by atoms with Crippen LogP contribution in [-0.4, -0.2) is 21.3 Å². The van der Waals surface area contributed by atoms with Crippen LogP contribution >= 0.6 is 11.8 Å². The highest BCUT2D eigenvalue weighted by atomic mass is 32.2. The molecule has 1 heterocycles. The van der Waals surface area contributed by atoms with E-state index in [2.05, 4.69) is 9.97 Å². The van der Waals surface area contributed by atoms with Gasteiger partial charge in [0.05, 0.1) is 0 Å². The van der Waals surface area contributed by atoms with Crippen LogP contribution in [-0.2, 0) is 0 Å². The standard InChI is InChI=1S/C9H15N3OS/c1-5-4-8(13)12-9(11-5)14-7(3)6(2)10/h4,6-7H,10H2,1-3H3,(H,11,12,13). The Kier molecular flexibility index (Phi) is 3.71. The Morgan fingerprint density at radius 2 is 2.21 bits per heavy atom. The third-order valence-electron chi connectivity index (χ3n) is 1.89. The predicted molar refractivity (Wildman–Crippen MR) is 58.6 cm³/mol. The normalized spacial score (nSPS) is 15.1. The second kappa shape index (κ2) is 4.61. The van der Waals surface area contributed by atoms with Crippen molar-refractivity contribution in [1.29, 1.82) is 0 Å². The summed E-state index contributed by atoms with van der Waals surface area (Å²) in [7, 11) is 0. The maximum Gasteiger partial charge on any atom is 0.251 e. The Morgan fingerprint density at radius 1 is 1.57 bits per heavy atom. The van der Waals surface area contributed by atoms with Gasteiger partial charge in [0, 0.05) is 23.1 Å². The first-order valence-corrected chi connectivity index (χ1v) is 5.37. The van der Waals surface area contributed by atoms with Gasteiger partial charge in [0.1, 0.15) is 0 Å². The molecule has 0 saturated carbocycles. The van der Waals surface area contributed by atoms with Crippen molar-refractivity contribution in [3.8, 4) is 0 Å². The highest BCUT2D eigenvalue weighted by Gasteiger charge is 2.10. The van der Waals surface area contributed by atoms with Crippen LogP contribution in [0.2, 0.25) is 0 Å². The van der Waals surface area contributed by atoms with Crippen LogP contribution in [0.4, 0.5) is 0 Å². The van der Waals surface area contributed by atoms with Gasteiger partial charge in [-0.15, -0.1) is 0 Å². The molecule has 0 radical (unpaired) electrons. The van der Waals surface area contributed by atoms with Crippen molar-refractivity contribution in [2.75, 3.05) is 0 Å². The van der Waals surface area contributed by atoms with E-state index in [0.717, 1.165) is 5.69 Å². The number of aromatic amines is 1. The molecule has 14 heavy (non-hydrogen) atoms. The number of H-pyrrole nitrogens is 1. The predicted octanol–water partition coefficient (Wildman–Crippen LogP) is 0.906. The van der Waals surface area contributed by atoms with Gasteiger partial charge in [-0.3, -0.25) is 4.79 Å². The molecule has 0 amide bonds. The lowest BCUT2D eigenvalue weighted by atomic mass is 10.3. The minimum absolute atomic E-state index is 0.0748. The molecular weight excluding hydrogens is 198 g/mol. The van der Waals surface area contributed by atoms with Crippen molar-refractivity contribution in [3.63, 3.8) is 0 Å². The Morgan fingerprint density at radius 3 is 2.71 bits per heavy atom. The van der Waals surface area contributed by atoms with Gasteiger partial charge >= 0.3 is 0 Å². The van der Waals surface area contributed by atoms with Crippen LogP contribution in [0.3, 0.4) is 0 Å². The van der Waals surface area contributed by atoms with Crippen molar-refractivity contribution in [1.82, 2.24) is 9.97 Å². The quantitative estimate of drug-likeness (QED) is 0.578. The number of nitrogens with zero attached hydrogens (tertiary/aromatic N) is 1. The first kappa shape index (κ1) is 11.3. The van der Waals surface area contributed by atoms with Gasteiger partial charge in [-0.05, 0) is 13.8 Å². The molecule has 0 aliphatic rings. The molecule has 4 nitrogen and oxygen atoms in total. The molecule has 78 valence electrons. The van der Waals surface area contributed by atoms with E-state index in [1.165, 1.54) is 17.8 Å². The molecule has 1 aromatic heterocycles. The highest BCUT2D eigenvalue weighted by molar-refractivity contribution is 7.99. The third-order valence-corrected chi connectivity index (χ3v) is 3.10. The second-order valence-corrected chi connectivity index (χ2v) is 4.74. The lowest BCUT2D eigenvalue weighted by molar-refractivity contribution is 0.726. The molecule has 0 spiro atoms. The van der Waals surface area contributed by atoms with E-state index in [9.17, 15) is 4.79 Å². The number of aryl methyl sites for hydroxylation is 1. The molecule has 5 heteroatoms. The first-order chi connectivity index (χ1) is 6.49. The van der Waals surface area contributed by atoms with Gasteiger partial charge in [-0.25, -0.2) is 4.98 Å². The SMILES string of the molecule is Cc1cc(=O)[nH]c(SC(C)C(C)N)n1. The van der Waals surface area contributed by atoms with Gasteiger partial charge in [-0.2, -0.15) is 0 Å². The van der Waals surface area contributed by atoms with E-state index in [1.807, 2.05) is 13.8 Å². The summed E-state index contributed by atoms with van der Waals surface area (Å²) in [5.41, 5.74) is 6.33. The van der Waals surface area contributed by atoms with E-state index in [0.29, 0.717) is 5.16 Å². The molecule has 0 aliphatic carbocycles. The fourth-order valence-corrected chi connectivity index (χ4v) is 1.81. The Balaban J connectivity index is 2.82. The second-order valence-electron chi connectivity index (χ2n) is 3.37. The number of thioether (sulfide) groups is 1. The highest BCUT2D eigenvalue weighted by Crippen LogP contribution is 2.19. The maximum absolute atomic E-state index is 11.1. The average Bonchev–Trinajstić information content (AvgIpc) is 2.01. The maximum atomic E-state index is 11.1. The molecule has 1 aromatic rings. The summed E-state index contributed by atoms with van der Waals surface area (Å²) in [4.78, 5) is 18.0. The molecule has 0 aliphatic heterocycles. The topological polar surface area (TPSA) is 71.8 Å². The smallest absolute Gasteiger partial charge is 0.251 e. The molecule has 0 saturated heterocycles. The zero-order chi connectivity index (χ0) is 10.7. The van der Waals surface area contributed by atoms with Gasteiger partial charge in [-0.1, -0.05) is 18.7 Å².